The van der Waals surface area contributed by atoms with Crippen molar-refractivity contribution in [3.05, 3.63) is 0 Å². The van der Waals surface area contributed by atoms with Gasteiger partial charge in [0, 0.05) is 12.3 Å². The van der Waals surface area contributed by atoms with Crippen LogP contribution in [0.4, 0.5) is 0 Å². The second-order valence-corrected chi connectivity index (χ2v) is 12.8. The number of Topliss-reactive ketones (excluding diaryl/α,β-unsaturated/α-hetero) is 1. The lowest BCUT2D eigenvalue weighted by Crippen LogP contribution is -2.53. The highest BCUT2D eigenvalue weighted by Crippen LogP contribution is 2.67. The second kappa shape index (κ2) is 8.82. The maximum atomic E-state index is 12.6. The Morgan fingerprint density at radius 1 is 0.968 bits per heavy atom. The van der Waals surface area contributed by atoms with Gasteiger partial charge in [0.15, 0.2) is 5.78 Å². The van der Waals surface area contributed by atoms with Crippen LogP contribution in [0.15, 0.2) is 5.16 Å². The van der Waals surface area contributed by atoms with Crippen molar-refractivity contribution in [2.75, 3.05) is 0 Å². The first-order valence-corrected chi connectivity index (χ1v) is 13.5. The molecule has 1 N–H and O–H groups in total. The van der Waals surface area contributed by atoms with Crippen molar-refractivity contribution in [3.63, 3.8) is 0 Å². The average molecular weight is 430 g/mol. The predicted octanol–water partition coefficient (Wildman–Crippen LogP) is 7.51. The molecule has 0 unspecified atom stereocenters. The van der Waals surface area contributed by atoms with E-state index in [4.69, 9.17) is 0 Å². The average Bonchev–Trinajstić information content (AvgIpc) is 3.00. The summed E-state index contributed by atoms with van der Waals surface area (Å²) in [5, 5.41) is 13.3. The fourth-order valence-corrected chi connectivity index (χ4v) is 9.37. The van der Waals surface area contributed by atoms with Gasteiger partial charge in [-0.15, -0.1) is 0 Å². The first kappa shape index (κ1) is 23.3. The second-order valence-electron chi connectivity index (χ2n) is 12.8. The largest absolute Gasteiger partial charge is 0.411 e. The fraction of sp³-hybridized carbons (Fsp3) is 0.929. The van der Waals surface area contributed by atoms with Crippen LogP contribution in [-0.4, -0.2) is 16.7 Å². The third kappa shape index (κ3) is 3.90. The van der Waals surface area contributed by atoms with Gasteiger partial charge in [0.1, 0.15) is 5.71 Å². The molecule has 0 aromatic rings. The number of carbonyl (C=O) groups is 1. The quantitative estimate of drug-likeness (QED) is 0.363. The molecule has 0 aromatic carbocycles. The summed E-state index contributed by atoms with van der Waals surface area (Å²) in [5.74, 6) is 5.20. The standard InChI is InChI=1S/C28H47NO2/c1-18(2)8-6-9-19(3)21-13-14-22-20-11-12-24-26(29-31)25(30)10-7-16-27(24,4)23(20)15-17-28(21,22)5/h18-24,31H,6-17H2,1-5H3/b29-26+/t19-,20+,21-,22+,23+,24+,27-,28-/m1/s1. The van der Waals surface area contributed by atoms with Crippen LogP contribution in [0.3, 0.4) is 0 Å². The van der Waals surface area contributed by atoms with Gasteiger partial charge in [0.25, 0.3) is 0 Å². The number of ketones is 1. The minimum atomic E-state index is 0.103. The number of carbonyl (C=O) groups excluding carboxylic acids is 1. The molecular formula is C28H47NO2. The summed E-state index contributed by atoms with van der Waals surface area (Å²) in [6.07, 6.45) is 14.6. The Morgan fingerprint density at radius 2 is 1.71 bits per heavy atom. The van der Waals surface area contributed by atoms with Gasteiger partial charge in [-0.05, 0) is 97.7 Å². The highest BCUT2D eigenvalue weighted by molar-refractivity contribution is 6.40. The molecule has 4 fully saturated rings. The molecule has 4 aliphatic carbocycles. The van der Waals surface area contributed by atoms with E-state index in [-0.39, 0.29) is 17.1 Å². The van der Waals surface area contributed by atoms with Crippen LogP contribution in [0.2, 0.25) is 0 Å². The molecule has 0 spiro atoms. The van der Waals surface area contributed by atoms with Crippen molar-refractivity contribution >= 4 is 11.5 Å². The molecule has 0 amide bonds. The maximum Gasteiger partial charge on any atom is 0.180 e. The van der Waals surface area contributed by atoms with Gasteiger partial charge in [-0.3, -0.25) is 4.79 Å². The summed E-state index contributed by atoms with van der Waals surface area (Å²) in [7, 11) is 0. The van der Waals surface area contributed by atoms with Crippen molar-refractivity contribution in [2.24, 2.45) is 57.4 Å². The third-order valence-electron chi connectivity index (χ3n) is 10.9. The van der Waals surface area contributed by atoms with E-state index < -0.39 is 0 Å². The summed E-state index contributed by atoms with van der Waals surface area (Å²) >= 11 is 0. The number of hydrogen-bond acceptors (Lipinski definition) is 3. The van der Waals surface area contributed by atoms with E-state index in [1.165, 1.54) is 51.4 Å². The van der Waals surface area contributed by atoms with Crippen molar-refractivity contribution in [1.82, 2.24) is 0 Å². The Labute approximate surface area is 190 Å². The topological polar surface area (TPSA) is 49.7 Å². The van der Waals surface area contributed by atoms with Crippen LogP contribution >= 0.6 is 0 Å². The van der Waals surface area contributed by atoms with Crippen LogP contribution in [-0.2, 0) is 4.79 Å². The van der Waals surface area contributed by atoms with Crippen molar-refractivity contribution in [1.29, 1.82) is 0 Å². The molecular weight excluding hydrogens is 382 g/mol. The van der Waals surface area contributed by atoms with E-state index in [0.29, 0.717) is 23.5 Å². The Bertz CT molecular complexity index is 699. The number of fused-ring (bicyclic) bond motifs is 5. The van der Waals surface area contributed by atoms with Crippen LogP contribution < -0.4 is 0 Å². The van der Waals surface area contributed by atoms with Crippen molar-refractivity contribution in [3.8, 4) is 0 Å². The summed E-state index contributed by atoms with van der Waals surface area (Å²) in [6, 6.07) is 0. The molecule has 176 valence electrons. The van der Waals surface area contributed by atoms with Gasteiger partial charge in [-0.25, -0.2) is 0 Å². The van der Waals surface area contributed by atoms with Crippen LogP contribution in [0, 0.1) is 52.3 Å². The molecule has 0 aromatic heterocycles. The van der Waals surface area contributed by atoms with Crippen LogP contribution in [0.5, 0.6) is 0 Å². The Kier molecular flexibility index (Phi) is 6.63. The third-order valence-corrected chi connectivity index (χ3v) is 10.9. The molecule has 4 rings (SSSR count). The molecule has 31 heavy (non-hydrogen) atoms. The molecule has 3 nitrogen and oxygen atoms in total. The lowest BCUT2D eigenvalue weighted by molar-refractivity contribution is -0.113. The van der Waals surface area contributed by atoms with E-state index in [0.717, 1.165) is 48.9 Å². The van der Waals surface area contributed by atoms with Gasteiger partial charge in [-0.2, -0.15) is 0 Å². The van der Waals surface area contributed by atoms with Gasteiger partial charge in [-0.1, -0.05) is 59.0 Å². The van der Waals surface area contributed by atoms with E-state index in [9.17, 15) is 10.0 Å². The minimum Gasteiger partial charge on any atom is -0.411 e. The van der Waals surface area contributed by atoms with Crippen molar-refractivity contribution < 1.29 is 10.0 Å². The number of hydrogen-bond donors (Lipinski definition) is 1. The molecule has 0 heterocycles. The highest BCUT2D eigenvalue weighted by atomic mass is 16.4. The van der Waals surface area contributed by atoms with Crippen LogP contribution in [0.25, 0.3) is 0 Å². The molecule has 0 radical (unpaired) electrons. The molecule has 8 atom stereocenters. The van der Waals surface area contributed by atoms with Gasteiger partial charge in [0.05, 0.1) is 0 Å². The molecule has 3 heteroatoms. The number of oxime groups is 1. The van der Waals surface area contributed by atoms with E-state index in [2.05, 4.69) is 39.8 Å². The van der Waals surface area contributed by atoms with E-state index in [1.54, 1.807) is 0 Å². The molecule has 0 aliphatic heterocycles. The Morgan fingerprint density at radius 3 is 2.42 bits per heavy atom. The Hall–Kier alpha value is -0.860. The molecule has 4 saturated carbocycles. The van der Waals surface area contributed by atoms with Gasteiger partial charge in [0.2, 0.25) is 0 Å². The van der Waals surface area contributed by atoms with Crippen molar-refractivity contribution in [2.45, 2.75) is 112 Å². The zero-order chi connectivity index (χ0) is 22.4. The monoisotopic (exact) mass is 429 g/mol. The van der Waals surface area contributed by atoms with Crippen LogP contribution in [0.1, 0.15) is 112 Å². The molecule has 4 aliphatic rings. The minimum absolute atomic E-state index is 0.103. The first-order chi connectivity index (χ1) is 14.7. The fourth-order valence-electron chi connectivity index (χ4n) is 9.37. The summed E-state index contributed by atoms with van der Waals surface area (Å²) in [6.45, 7) is 12.3. The number of nitrogens with zero attached hydrogens (tertiary/aromatic N) is 1. The SMILES string of the molecule is CC(C)CCC[C@@H](C)[C@H]1CC[C@H]2[C@@H]3CC[C@H]4/C(=N\O)C(=O)CCC[C@]4(C)[C@H]3CC[C@]12C. The predicted molar refractivity (Wildman–Crippen MR) is 127 cm³/mol. The number of rotatable bonds is 5. The summed E-state index contributed by atoms with van der Waals surface area (Å²) in [5.41, 5.74) is 1.16. The smallest absolute Gasteiger partial charge is 0.180 e. The van der Waals surface area contributed by atoms with E-state index >= 15 is 0 Å². The Balaban J connectivity index is 1.52. The zero-order valence-electron chi connectivity index (χ0n) is 20.8. The molecule has 0 bridgehead atoms. The lowest BCUT2D eigenvalue weighted by Gasteiger charge is -2.59. The van der Waals surface area contributed by atoms with Gasteiger partial charge >= 0.3 is 0 Å². The van der Waals surface area contributed by atoms with Gasteiger partial charge < -0.3 is 5.21 Å². The first-order valence-electron chi connectivity index (χ1n) is 13.5. The van der Waals surface area contributed by atoms with E-state index in [1.807, 2.05) is 0 Å². The lowest BCUT2D eigenvalue weighted by atomic mass is 9.45. The summed E-state index contributed by atoms with van der Waals surface area (Å²) in [4.78, 5) is 12.6. The highest BCUT2D eigenvalue weighted by Gasteiger charge is 2.61. The summed E-state index contributed by atoms with van der Waals surface area (Å²) < 4.78 is 0. The zero-order valence-corrected chi connectivity index (χ0v) is 20.8. The maximum absolute atomic E-state index is 12.6. The molecule has 0 saturated heterocycles. The normalized spacial score (nSPS) is 45.2.